The fourth-order valence-corrected chi connectivity index (χ4v) is 4.40. The van der Waals surface area contributed by atoms with Gasteiger partial charge in [-0.1, -0.05) is 23.4 Å². The molecule has 0 aliphatic rings. The Kier molecular flexibility index (Phi) is 5.39. The fraction of sp³-hybridized carbons (Fsp3) is 0.167. The van der Waals surface area contributed by atoms with E-state index < -0.39 is 5.69 Å². The van der Waals surface area contributed by atoms with E-state index in [1.807, 2.05) is 44.2 Å². The molecule has 33 heavy (non-hydrogen) atoms. The van der Waals surface area contributed by atoms with Crippen LogP contribution in [0.2, 0.25) is 0 Å². The Labute approximate surface area is 192 Å². The highest BCUT2D eigenvalue weighted by Crippen LogP contribution is 2.22. The molecule has 0 aliphatic carbocycles. The molecule has 5 rings (SSSR count). The molecule has 0 fully saturated rings. The third kappa shape index (κ3) is 3.98. The van der Waals surface area contributed by atoms with E-state index in [0.717, 1.165) is 11.3 Å². The van der Waals surface area contributed by atoms with Crippen LogP contribution in [0, 0.1) is 0 Å². The molecule has 8 nitrogen and oxygen atoms in total. The maximum absolute atomic E-state index is 13.3. The lowest BCUT2D eigenvalue weighted by molar-refractivity contribution is 0.242. The quantitative estimate of drug-likeness (QED) is 0.379. The second-order valence-corrected chi connectivity index (χ2v) is 8.60. The first-order valence-electron chi connectivity index (χ1n) is 10.4. The van der Waals surface area contributed by atoms with Gasteiger partial charge in [-0.15, -0.1) is 11.3 Å². The summed E-state index contributed by atoms with van der Waals surface area (Å²) in [6.45, 7) is 3.97. The van der Waals surface area contributed by atoms with Gasteiger partial charge in [0.15, 0.2) is 0 Å². The van der Waals surface area contributed by atoms with E-state index >= 15 is 0 Å². The zero-order valence-electron chi connectivity index (χ0n) is 18.0. The Morgan fingerprint density at radius 3 is 2.52 bits per heavy atom. The molecule has 9 heteroatoms. The number of fused-ring (bicyclic) bond motifs is 1. The van der Waals surface area contributed by atoms with Crippen LogP contribution in [0.1, 0.15) is 19.7 Å². The van der Waals surface area contributed by atoms with Crippen molar-refractivity contribution < 1.29 is 9.26 Å². The van der Waals surface area contributed by atoms with Gasteiger partial charge >= 0.3 is 5.69 Å². The van der Waals surface area contributed by atoms with Gasteiger partial charge in [-0.2, -0.15) is 4.98 Å². The Morgan fingerprint density at radius 2 is 1.79 bits per heavy atom. The molecule has 3 heterocycles. The van der Waals surface area contributed by atoms with Crippen LogP contribution in [0.4, 0.5) is 0 Å². The molecule has 0 N–H and O–H groups in total. The van der Waals surface area contributed by atoms with E-state index in [-0.39, 0.29) is 24.1 Å². The van der Waals surface area contributed by atoms with Crippen molar-refractivity contribution in [1.29, 1.82) is 0 Å². The Hall–Kier alpha value is -3.98. The first-order valence-corrected chi connectivity index (χ1v) is 11.3. The maximum atomic E-state index is 13.3. The molecule has 0 saturated heterocycles. The summed E-state index contributed by atoms with van der Waals surface area (Å²) in [5.74, 6) is 1.43. The third-order valence-electron chi connectivity index (χ3n) is 5.01. The molecule has 0 atom stereocenters. The van der Waals surface area contributed by atoms with Crippen molar-refractivity contribution in [2.45, 2.75) is 26.5 Å². The van der Waals surface area contributed by atoms with Gasteiger partial charge < -0.3 is 9.26 Å². The largest absolute Gasteiger partial charge is 0.491 e. The van der Waals surface area contributed by atoms with Crippen LogP contribution < -0.4 is 16.0 Å². The zero-order valence-corrected chi connectivity index (χ0v) is 18.8. The minimum Gasteiger partial charge on any atom is -0.491 e. The zero-order chi connectivity index (χ0) is 22.9. The fourth-order valence-electron chi connectivity index (χ4n) is 3.57. The van der Waals surface area contributed by atoms with Crippen molar-refractivity contribution in [3.63, 3.8) is 0 Å². The lowest BCUT2D eigenvalue weighted by Crippen LogP contribution is -2.38. The summed E-state index contributed by atoms with van der Waals surface area (Å²) >= 11 is 1.29. The Bertz CT molecular complexity index is 1530. The number of aromatic nitrogens is 4. The predicted octanol–water partition coefficient (Wildman–Crippen LogP) is 4.10. The number of para-hydroxylation sites is 1. The average molecular weight is 461 g/mol. The van der Waals surface area contributed by atoms with Crippen LogP contribution >= 0.6 is 11.3 Å². The Balaban J connectivity index is 1.52. The number of nitrogens with zero attached hydrogens (tertiary/aromatic N) is 4. The van der Waals surface area contributed by atoms with Crippen molar-refractivity contribution in [3.05, 3.63) is 92.8 Å². The summed E-state index contributed by atoms with van der Waals surface area (Å²) in [6, 6.07) is 18.0. The SMILES string of the molecule is CC(C)Oc1ccc(-c2noc(Cn3c(=O)n(-c4ccccc4)c(=O)c4sccc43)n2)cc1. The number of hydrogen-bond acceptors (Lipinski definition) is 7. The molecule has 0 radical (unpaired) electrons. The highest BCUT2D eigenvalue weighted by molar-refractivity contribution is 7.17. The van der Waals surface area contributed by atoms with Gasteiger partial charge in [0.25, 0.3) is 5.56 Å². The van der Waals surface area contributed by atoms with E-state index in [1.165, 1.54) is 20.5 Å². The first kappa shape index (κ1) is 20.9. The highest BCUT2D eigenvalue weighted by Gasteiger charge is 2.18. The van der Waals surface area contributed by atoms with Crippen molar-refractivity contribution >= 4 is 21.6 Å². The summed E-state index contributed by atoms with van der Waals surface area (Å²) in [4.78, 5) is 30.8. The third-order valence-corrected chi connectivity index (χ3v) is 5.91. The molecule has 2 aromatic carbocycles. The van der Waals surface area contributed by atoms with E-state index in [0.29, 0.717) is 21.7 Å². The molecule has 5 aromatic rings. The van der Waals surface area contributed by atoms with Gasteiger partial charge in [0, 0.05) is 5.56 Å². The molecular formula is C24H20N4O4S. The van der Waals surface area contributed by atoms with Crippen LogP contribution in [-0.2, 0) is 6.54 Å². The standard InChI is InChI=1S/C24H20N4O4S/c1-15(2)31-18-10-8-16(9-11-18)22-25-20(32-26-22)14-27-19-12-13-33-21(19)23(29)28(24(27)30)17-6-4-3-5-7-17/h3-13,15H,14H2,1-2H3. The molecule has 0 aliphatic heterocycles. The smallest absolute Gasteiger partial charge is 0.336 e. The van der Waals surface area contributed by atoms with Crippen molar-refractivity contribution in [2.75, 3.05) is 0 Å². The van der Waals surface area contributed by atoms with E-state index in [2.05, 4.69) is 10.1 Å². The number of rotatable bonds is 6. The Morgan fingerprint density at radius 1 is 1.03 bits per heavy atom. The molecule has 0 spiro atoms. The van der Waals surface area contributed by atoms with Crippen molar-refractivity contribution in [2.24, 2.45) is 0 Å². The number of thiophene rings is 1. The summed E-state index contributed by atoms with van der Waals surface area (Å²) in [5.41, 5.74) is 1.00. The topological polar surface area (TPSA) is 92.2 Å². The maximum Gasteiger partial charge on any atom is 0.336 e. The lowest BCUT2D eigenvalue weighted by atomic mass is 10.2. The number of ether oxygens (including phenoxy) is 1. The molecule has 0 bridgehead atoms. The normalized spacial score (nSPS) is 11.4. The molecule has 3 aromatic heterocycles. The van der Waals surface area contributed by atoms with Crippen molar-refractivity contribution in [3.8, 4) is 22.8 Å². The molecule has 0 saturated carbocycles. The number of hydrogen-bond donors (Lipinski definition) is 0. The van der Waals surface area contributed by atoms with Gasteiger partial charge in [0.2, 0.25) is 11.7 Å². The minimum atomic E-state index is -0.466. The highest BCUT2D eigenvalue weighted by atomic mass is 32.1. The van der Waals surface area contributed by atoms with Gasteiger partial charge in [0.05, 0.1) is 17.3 Å². The molecule has 0 amide bonds. The first-order chi connectivity index (χ1) is 16.0. The van der Waals surface area contributed by atoms with Crippen LogP contribution in [0.15, 0.2) is 80.2 Å². The monoisotopic (exact) mass is 460 g/mol. The van der Waals surface area contributed by atoms with Gasteiger partial charge in [0.1, 0.15) is 17.0 Å². The molecule has 0 unspecified atom stereocenters. The van der Waals surface area contributed by atoms with Gasteiger partial charge in [-0.05, 0) is 61.7 Å². The lowest BCUT2D eigenvalue weighted by Gasteiger charge is -2.10. The molecule has 166 valence electrons. The summed E-state index contributed by atoms with van der Waals surface area (Å²) in [7, 11) is 0. The van der Waals surface area contributed by atoms with Crippen LogP contribution in [0.3, 0.4) is 0 Å². The van der Waals surface area contributed by atoms with Crippen molar-refractivity contribution in [1.82, 2.24) is 19.3 Å². The van der Waals surface area contributed by atoms with Crippen LogP contribution in [0.25, 0.3) is 27.3 Å². The van der Waals surface area contributed by atoms with Gasteiger partial charge in [-0.25, -0.2) is 9.36 Å². The summed E-state index contributed by atoms with van der Waals surface area (Å²) in [5, 5.41) is 5.85. The van der Waals surface area contributed by atoms with E-state index in [1.54, 1.807) is 35.7 Å². The summed E-state index contributed by atoms with van der Waals surface area (Å²) < 4.78 is 14.2. The van der Waals surface area contributed by atoms with Crippen LogP contribution in [-0.4, -0.2) is 25.4 Å². The predicted molar refractivity (Wildman–Crippen MR) is 126 cm³/mol. The second-order valence-electron chi connectivity index (χ2n) is 7.68. The number of benzene rings is 2. The molecular weight excluding hydrogens is 440 g/mol. The van der Waals surface area contributed by atoms with E-state index in [9.17, 15) is 9.59 Å². The van der Waals surface area contributed by atoms with Crippen LogP contribution in [0.5, 0.6) is 5.75 Å². The minimum absolute atomic E-state index is 0.0424. The van der Waals surface area contributed by atoms with Gasteiger partial charge in [-0.3, -0.25) is 9.36 Å². The average Bonchev–Trinajstić information content (AvgIpc) is 3.48. The summed E-state index contributed by atoms with van der Waals surface area (Å²) in [6.07, 6.45) is 0.0824. The van der Waals surface area contributed by atoms with E-state index in [4.69, 9.17) is 9.26 Å². The second kappa shape index (κ2) is 8.51.